The van der Waals surface area contributed by atoms with Gasteiger partial charge >= 0.3 is 5.97 Å². The first-order valence-corrected chi connectivity index (χ1v) is 9.53. The zero-order valence-corrected chi connectivity index (χ0v) is 15.5. The predicted molar refractivity (Wildman–Crippen MR) is 95.1 cm³/mol. The van der Waals surface area contributed by atoms with Gasteiger partial charge in [-0.25, -0.2) is 0 Å². The summed E-state index contributed by atoms with van der Waals surface area (Å²) in [4.78, 5) is 12.6. The number of methoxy groups -OCH3 is 1. The van der Waals surface area contributed by atoms with Gasteiger partial charge in [0.05, 0.1) is 31.2 Å². The Kier molecular flexibility index (Phi) is 4.08. The van der Waals surface area contributed by atoms with Crippen molar-refractivity contribution in [3.8, 4) is 0 Å². The van der Waals surface area contributed by atoms with Crippen LogP contribution in [0.25, 0.3) is 0 Å². The molecule has 1 spiro atoms. The lowest BCUT2D eigenvalue weighted by molar-refractivity contribution is -0.156. The molecule has 1 aromatic rings. The summed E-state index contributed by atoms with van der Waals surface area (Å²) in [5.41, 5.74) is -0.238. The second-order valence-corrected chi connectivity index (χ2v) is 8.59. The third-order valence-electron chi connectivity index (χ3n) is 7.80. The van der Waals surface area contributed by atoms with Crippen molar-refractivity contribution in [2.24, 2.45) is 28.1 Å². The van der Waals surface area contributed by atoms with Gasteiger partial charge in [0.2, 0.25) is 0 Å². The fourth-order valence-corrected chi connectivity index (χ4v) is 6.26. The van der Waals surface area contributed by atoms with Crippen molar-refractivity contribution in [3.63, 3.8) is 0 Å². The minimum Gasteiger partial charge on any atom is -0.472 e. The molecule has 0 aliphatic heterocycles. The number of carbonyl (C=O) groups excluding carboxylic acids is 1. The third-order valence-corrected chi connectivity index (χ3v) is 7.80. The molecule has 2 N–H and O–H groups in total. The molecule has 142 valence electrons. The summed E-state index contributed by atoms with van der Waals surface area (Å²) in [6.45, 7) is 2.19. The van der Waals surface area contributed by atoms with Gasteiger partial charge in [0.1, 0.15) is 0 Å². The number of hydrogen-bond acceptors (Lipinski definition) is 5. The molecule has 1 aromatic heterocycles. The Balaban J connectivity index is 1.72. The van der Waals surface area contributed by atoms with Crippen molar-refractivity contribution in [2.45, 2.75) is 45.1 Å². The molecule has 3 aliphatic rings. The van der Waals surface area contributed by atoms with E-state index in [0.717, 1.165) is 31.2 Å². The molecule has 0 radical (unpaired) electrons. The first kappa shape index (κ1) is 17.8. The van der Waals surface area contributed by atoms with E-state index >= 15 is 0 Å². The fourth-order valence-electron chi connectivity index (χ4n) is 6.26. The van der Waals surface area contributed by atoms with Gasteiger partial charge in [-0.15, -0.1) is 0 Å². The third kappa shape index (κ3) is 2.13. The van der Waals surface area contributed by atoms with E-state index in [0.29, 0.717) is 6.42 Å². The first-order chi connectivity index (χ1) is 12.5. The monoisotopic (exact) mass is 360 g/mol. The van der Waals surface area contributed by atoms with Gasteiger partial charge in [-0.1, -0.05) is 19.1 Å². The van der Waals surface area contributed by atoms with Crippen LogP contribution in [0.5, 0.6) is 0 Å². The Labute approximate surface area is 154 Å². The average molecular weight is 360 g/mol. The number of rotatable bonds is 5. The van der Waals surface area contributed by atoms with Gasteiger partial charge in [0.25, 0.3) is 0 Å². The van der Waals surface area contributed by atoms with Crippen molar-refractivity contribution in [3.05, 3.63) is 36.3 Å². The molecule has 6 unspecified atom stereocenters. The zero-order chi connectivity index (χ0) is 18.6. The Morgan fingerprint density at radius 1 is 1.46 bits per heavy atom. The lowest BCUT2D eigenvalue weighted by atomic mass is 9.49. The summed E-state index contributed by atoms with van der Waals surface area (Å²) in [6.07, 6.45) is 10.5. The SMILES string of the molecule is COC(=O)C12C=CC(O)C3C(CO)(CCc4ccoc4)C(C)CCC31C2. The van der Waals surface area contributed by atoms with Crippen molar-refractivity contribution in [1.29, 1.82) is 0 Å². The van der Waals surface area contributed by atoms with Gasteiger partial charge in [0.15, 0.2) is 0 Å². The van der Waals surface area contributed by atoms with Crippen LogP contribution in [-0.4, -0.2) is 36.0 Å². The van der Waals surface area contributed by atoms with E-state index in [1.165, 1.54) is 7.11 Å². The molecule has 4 rings (SSSR count). The molecule has 26 heavy (non-hydrogen) atoms. The Hall–Kier alpha value is -1.59. The van der Waals surface area contributed by atoms with Gasteiger partial charge in [0, 0.05) is 17.9 Å². The number of aliphatic hydroxyl groups excluding tert-OH is 2. The van der Waals surface area contributed by atoms with Crippen LogP contribution < -0.4 is 0 Å². The van der Waals surface area contributed by atoms with Crippen LogP contribution in [0, 0.1) is 28.1 Å². The first-order valence-electron chi connectivity index (χ1n) is 9.53. The maximum absolute atomic E-state index is 12.6. The molecule has 1 heterocycles. The molecule has 2 fully saturated rings. The standard InChI is InChI=1S/C21H28O5/c1-14-3-8-20-12-21(20,18(24)25-2)9-5-16(23)17(20)19(14,13-22)7-4-15-6-10-26-11-15/h5-6,9-11,14,16-17,22-23H,3-4,7-8,12-13H2,1-2H3. The highest BCUT2D eigenvalue weighted by Gasteiger charge is 2.79. The summed E-state index contributed by atoms with van der Waals surface area (Å²) < 4.78 is 10.3. The van der Waals surface area contributed by atoms with Crippen LogP contribution in [0.1, 0.15) is 38.2 Å². The van der Waals surface area contributed by atoms with Crippen LogP contribution in [0.2, 0.25) is 0 Å². The lowest BCUT2D eigenvalue weighted by Crippen LogP contribution is -2.56. The number of furan rings is 1. The average Bonchev–Trinajstić information content (AvgIpc) is 3.03. The molecule has 0 saturated heterocycles. The van der Waals surface area contributed by atoms with Gasteiger partial charge in [-0.2, -0.15) is 0 Å². The summed E-state index contributed by atoms with van der Waals surface area (Å²) in [7, 11) is 1.43. The number of ether oxygens (including phenoxy) is 1. The summed E-state index contributed by atoms with van der Waals surface area (Å²) in [5, 5.41) is 21.5. The van der Waals surface area contributed by atoms with E-state index in [4.69, 9.17) is 9.15 Å². The van der Waals surface area contributed by atoms with Gasteiger partial charge in [-0.3, -0.25) is 4.79 Å². The van der Waals surface area contributed by atoms with Crippen molar-refractivity contribution < 1.29 is 24.2 Å². The topological polar surface area (TPSA) is 79.9 Å². The predicted octanol–water partition coefficient (Wildman–Crippen LogP) is 2.72. The van der Waals surface area contributed by atoms with E-state index in [2.05, 4.69) is 6.92 Å². The fraction of sp³-hybridized carbons (Fsp3) is 0.667. The highest BCUT2D eigenvalue weighted by atomic mass is 16.5. The van der Waals surface area contributed by atoms with Crippen LogP contribution in [0.3, 0.4) is 0 Å². The number of aliphatic hydroxyl groups is 2. The van der Waals surface area contributed by atoms with Crippen molar-refractivity contribution in [1.82, 2.24) is 0 Å². The molecular weight excluding hydrogens is 332 g/mol. The number of carbonyl (C=O) groups is 1. The Morgan fingerprint density at radius 2 is 2.27 bits per heavy atom. The highest BCUT2D eigenvalue weighted by molar-refractivity contribution is 5.85. The molecule has 2 saturated carbocycles. The lowest BCUT2D eigenvalue weighted by Gasteiger charge is -2.55. The number of aryl methyl sites for hydroxylation is 1. The molecule has 0 aromatic carbocycles. The molecule has 3 aliphatic carbocycles. The molecule has 6 atom stereocenters. The van der Waals surface area contributed by atoms with E-state index in [9.17, 15) is 15.0 Å². The minimum atomic E-state index is -0.644. The molecule has 0 bridgehead atoms. The maximum atomic E-state index is 12.6. The minimum absolute atomic E-state index is 0.0145. The van der Waals surface area contributed by atoms with Crippen LogP contribution >= 0.6 is 0 Å². The van der Waals surface area contributed by atoms with Gasteiger partial charge in [-0.05, 0) is 55.1 Å². The normalized spacial score (nSPS) is 43.5. The van der Waals surface area contributed by atoms with Crippen molar-refractivity contribution in [2.75, 3.05) is 13.7 Å². The van der Waals surface area contributed by atoms with Crippen LogP contribution in [0.4, 0.5) is 0 Å². The van der Waals surface area contributed by atoms with Crippen molar-refractivity contribution >= 4 is 5.97 Å². The van der Waals surface area contributed by atoms with E-state index < -0.39 is 16.9 Å². The zero-order valence-electron chi connectivity index (χ0n) is 15.5. The smallest absolute Gasteiger partial charge is 0.316 e. The largest absolute Gasteiger partial charge is 0.472 e. The molecule has 0 amide bonds. The Morgan fingerprint density at radius 3 is 2.92 bits per heavy atom. The van der Waals surface area contributed by atoms with E-state index in [-0.39, 0.29) is 29.8 Å². The summed E-state index contributed by atoms with van der Waals surface area (Å²) in [5.74, 6) is -0.0752. The van der Waals surface area contributed by atoms with Crippen LogP contribution in [0.15, 0.2) is 35.2 Å². The molecule has 5 heteroatoms. The van der Waals surface area contributed by atoms with E-state index in [1.807, 2.05) is 12.1 Å². The molecular formula is C21H28O5. The second-order valence-electron chi connectivity index (χ2n) is 8.59. The van der Waals surface area contributed by atoms with Gasteiger partial charge < -0.3 is 19.4 Å². The van der Waals surface area contributed by atoms with E-state index in [1.54, 1.807) is 18.6 Å². The molecule has 5 nitrogen and oxygen atoms in total. The quantitative estimate of drug-likeness (QED) is 0.623. The number of esters is 1. The Bertz CT molecular complexity index is 710. The highest BCUT2D eigenvalue weighted by Crippen LogP contribution is 2.79. The summed E-state index contributed by atoms with van der Waals surface area (Å²) in [6, 6.07) is 1.95. The number of hydrogen-bond donors (Lipinski definition) is 2. The second kappa shape index (κ2) is 5.96. The maximum Gasteiger partial charge on any atom is 0.316 e. The van der Waals surface area contributed by atoms with Crippen LogP contribution in [-0.2, 0) is 16.0 Å². The summed E-state index contributed by atoms with van der Waals surface area (Å²) >= 11 is 0.